The number of hydrogen-bond donors (Lipinski definition) is 2. The molecule has 0 heterocycles. The smallest absolute Gasteiger partial charge is 0.250 e. The van der Waals surface area contributed by atoms with Crippen LogP contribution in [0.1, 0.15) is 5.56 Å². The van der Waals surface area contributed by atoms with Crippen molar-refractivity contribution in [2.75, 3.05) is 6.26 Å². The maximum absolute atomic E-state index is 11.4. The molecule has 3 N–H and O–H groups in total. The predicted molar refractivity (Wildman–Crippen MR) is 66.1 cm³/mol. The van der Waals surface area contributed by atoms with E-state index in [0.29, 0.717) is 5.02 Å². The quantitative estimate of drug-likeness (QED) is 0.827. The number of hydrogen-bond acceptors (Lipinski definition) is 4. The van der Waals surface area contributed by atoms with E-state index in [1.54, 1.807) is 24.3 Å². The fraction of sp³-hybridized carbons (Fsp3) is 0.300. The third kappa shape index (κ3) is 5.16. The van der Waals surface area contributed by atoms with Crippen LogP contribution in [0.5, 0.6) is 0 Å². The van der Waals surface area contributed by atoms with Crippen molar-refractivity contribution in [2.24, 2.45) is 5.73 Å². The Morgan fingerprint density at radius 2 is 1.94 bits per heavy atom. The van der Waals surface area contributed by atoms with Crippen molar-refractivity contribution in [1.29, 1.82) is 0 Å². The van der Waals surface area contributed by atoms with Crippen LogP contribution >= 0.6 is 11.6 Å². The first-order valence-electron chi connectivity index (χ1n) is 4.79. The molecular formula is C10H13ClN2O3S. The second-order valence-corrected chi connectivity index (χ2v) is 5.86. The van der Waals surface area contributed by atoms with Crippen LogP contribution in [0.25, 0.3) is 0 Å². The number of halogens is 1. The largest absolute Gasteiger partial charge is 0.320 e. The van der Waals surface area contributed by atoms with Crippen LogP contribution in [-0.4, -0.2) is 26.6 Å². The monoisotopic (exact) mass is 276 g/mol. The van der Waals surface area contributed by atoms with Gasteiger partial charge in [-0.2, -0.15) is 0 Å². The Morgan fingerprint density at radius 3 is 2.41 bits per heavy atom. The topological polar surface area (TPSA) is 89.3 Å². The average molecular weight is 277 g/mol. The molecule has 17 heavy (non-hydrogen) atoms. The second-order valence-electron chi connectivity index (χ2n) is 3.68. The summed E-state index contributed by atoms with van der Waals surface area (Å²) in [5, 5.41) is 0.586. The van der Waals surface area contributed by atoms with Gasteiger partial charge in [0.1, 0.15) is 0 Å². The average Bonchev–Trinajstić information content (AvgIpc) is 2.19. The normalized spacial score (nSPS) is 13.1. The van der Waals surface area contributed by atoms with Gasteiger partial charge < -0.3 is 5.73 Å². The Kier molecular flexibility index (Phi) is 4.50. The summed E-state index contributed by atoms with van der Waals surface area (Å²) in [6, 6.07) is 5.91. The van der Waals surface area contributed by atoms with E-state index >= 15 is 0 Å². The highest BCUT2D eigenvalue weighted by Crippen LogP contribution is 2.10. The van der Waals surface area contributed by atoms with Gasteiger partial charge in [-0.15, -0.1) is 0 Å². The molecular weight excluding hydrogens is 264 g/mol. The first-order chi connectivity index (χ1) is 7.78. The summed E-state index contributed by atoms with van der Waals surface area (Å²) in [7, 11) is -3.57. The molecule has 1 rings (SSSR count). The van der Waals surface area contributed by atoms with Crippen molar-refractivity contribution in [3.63, 3.8) is 0 Å². The minimum atomic E-state index is -3.57. The van der Waals surface area contributed by atoms with E-state index < -0.39 is 22.0 Å². The number of nitrogens with one attached hydrogen (secondary N) is 1. The number of benzene rings is 1. The lowest BCUT2D eigenvalue weighted by atomic mass is 10.1. The van der Waals surface area contributed by atoms with Crippen molar-refractivity contribution in [3.05, 3.63) is 34.9 Å². The van der Waals surface area contributed by atoms with E-state index in [1.165, 1.54) is 0 Å². The molecule has 5 nitrogen and oxygen atoms in total. The molecule has 0 saturated carbocycles. The van der Waals surface area contributed by atoms with Crippen LogP contribution in [0.2, 0.25) is 5.02 Å². The maximum atomic E-state index is 11.4. The molecule has 0 aliphatic carbocycles. The first-order valence-corrected chi connectivity index (χ1v) is 7.06. The van der Waals surface area contributed by atoms with Gasteiger partial charge in [-0.3, -0.25) is 9.52 Å². The first kappa shape index (κ1) is 14.0. The van der Waals surface area contributed by atoms with Gasteiger partial charge in [0.05, 0.1) is 12.3 Å². The Hall–Kier alpha value is -1.11. The molecule has 7 heteroatoms. The third-order valence-corrected chi connectivity index (χ3v) is 2.82. The Morgan fingerprint density at radius 1 is 1.41 bits per heavy atom. The van der Waals surface area contributed by atoms with E-state index in [1.807, 2.05) is 4.72 Å². The van der Waals surface area contributed by atoms with Crippen molar-refractivity contribution in [3.8, 4) is 0 Å². The number of sulfonamides is 1. The molecule has 1 amide bonds. The molecule has 1 atom stereocenters. The highest BCUT2D eigenvalue weighted by atomic mass is 35.5. The summed E-state index contributed by atoms with van der Waals surface area (Å²) >= 11 is 5.71. The highest BCUT2D eigenvalue weighted by molar-refractivity contribution is 7.89. The van der Waals surface area contributed by atoms with Crippen LogP contribution < -0.4 is 10.5 Å². The molecule has 0 aliphatic rings. The van der Waals surface area contributed by atoms with E-state index in [-0.39, 0.29) is 6.42 Å². The number of nitrogens with two attached hydrogens (primary N) is 1. The summed E-state index contributed by atoms with van der Waals surface area (Å²) < 4.78 is 23.5. The summed E-state index contributed by atoms with van der Waals surface area (Å²) in [6.07, 6.45) is 1.15. The van der Waals surface area contributed by atoms with Gasteiger partial charge in [-0.05, 0) is 24.1 Å². The minimum Gasteiger partial charge on any atom is -0.320 e. The van der Waals surface area contributed by atoms with Crippen molar-refractivity contribution in [1.82, 2.24) is 4.72 Å². The summed E-state index contributed by atoms with van der Waals surface area (Å²) in [4.78, 5) is 11.4. The molecule has 0 aliphatic heterocycles. The molecule has 1 aromatic rings. The molecule has 0 radical (unpaired) electrons. The lowest BCUT2D eigenvalue weighted by Gasteiger charge is -2.11. The number of amides is 1. The van der Waals surface area contributed by atoms with Gasteiger partial charge in [-0.25, -0.2) is 8.42 Å². The van der Waals surface area contributed by atoms with E-state index in [4.69, 9.17) is 17.3 Å². The standard InChI is InChI=1S/C10H13ClN2O3S/c1-17(15,16)13-10(14)9(12)6-7-2-4-8(11)5-3-7/h2-5,9H,6,12H2,1H3,(H,13,14)/t9-/m0/s1. The molecule has 0 aromatic heterocycles. The van der Waals surface area contributed by atoms with E-state index in [9.17, 15) is 13.2 Å². The van der Waals surface area contributed by atoms with Crippen LogP contribution in [0.3, 0.4) is 0 Å². The summed E-state index contributed by atoms with van der Waals surface area (Å²) in [6.45, 7) is 0. The van der Waals surface area contributed by atoms with Gasteiger partial charge in [-0.1, -0.05) is 23.7 Å². The van der Waals surface area contributed by atoms with Gasteiger partial charge in [0.2, 0.25) is 10.0 Å². The molecule has 0 fully saturated rings. The molecule has 94 valence electrons. The lowest BCUT2D eigenvalue weighted by molar-refractivity contribution is -0.120. The molecule has 0 bridgehead atoms. The Labute approximate surface area is 105 Å². The third-order valence-electron chi connectivity index (χ3n) is 1.99. The molecule has 0 unspecified atom stereocenters. The van der Waals surface area contributed by atoms with Crippen LogP contribution in [-0.2, 0) is 21.2 Å². The fourth-order valence-corrected chi connectivity index (χ4v) is 1.87. The summed E-state index contributed by atoms with van der Waals surface area (Å²) in [5.74, 6) is -0.720. The highest BCUT2D eigenvalue weighted by Gasteiger charge is 2.17. The fourth-order valence-electron chi connectivity index (χ4n) is 1.23. The Balaban J connectivity index is 2.63. The zero-order valence-corrected chi connectivity index (χ0v) is 10.8. The maximum Gasteiger partial charge on any atom is 0.250 e. The van der Waals surface area contributed by atoms with Gasteiger partial charge in [0.25, 0.3) is 5.91 Å². The SMILES string of the molecule is CS(=O)(=O)NC(=O)[C@@H](N)Cc1ccc(Cl)cc1. The van der Waals surface area contributed by atoms with Gasteiger partial charge >= 0.3 is 0 Å². The van der Waals surface area contributed by atoms with Crippen LogP contribution in [0.15, 0.2) is 24.3 Å². The number of carbonyl (C=O) groups is 1. The van der Waals surface area contributed by atoms with Crippen molar-refractivity contribution < 1.29 is 13.2 Å². The van der Waals surface area contributed by atoms with Crippen LogP contribution in [0.4, 0.5) is 0 Å². The van der Waals surface area contributed by atoms with Crippen LogP contribution in [0, 0.1) is 0 Å². The lowest BCUT2D eigenvalue weighted by Crippen LogP contribution is -2.44. The van der Waals surface area contributed by atoms with Gasteiger partial charge in [0, 0.05) is 5.02 Å². The molecule has 1 aromatic carbocycles. The predicted octanol–water partition coefficient (Wildman–Crippen LogP) is 0.286. The molecule has 0 spiro atoms. The van der Waals surface area contributed by atoms with Crippen molar-refractivity contribution in [2.45, 2.75) is 12.5 Å². The Bertz CT molecular complexity index is 499. The van der Waals surface area contributed by atoms with Crippen molar-refractivity contribution >= 4 is 27.5 Å². The second kappa shape index (κ2) is 5.48. The minimum absolute atomic E-state index is 0.249. The molecule has 0 saturated heterocycles. The van der Waals surface area contributed by atoms with E-state index in [0.717, 1.165) is 11.8 Å². The zero-order valence-electron chi connectivity index (χ0n) is 9.18. The van der Waals surface area contributed by atoms with E-state index in [2.05, 4.69) is 0 Å². The number of rotatable bonds is 4. The zero-order chi connectivity index (χ0) is 13.1. The van der Waals surface area contributed by atoms with Gasteiger partial charge in [0.15, 0.2) is 0 Å². The number of carbonyl (C=O) groups excluding carboxylic acids is 1. The summed E-state index contributed by atoms with van der Waals surface area (Å²) in [5.41, 5.74) is 6.40.